The number of rotatable bonds is 0. The zero-order valence-corrected chi connectivity index (χ0v) is 6.82. The van der Waals surface area contributed by atoms with Crippen molar-refractivity contribution in [3.8, 4) is 0 Å². The quantitative estimate of drug-likeness (QED) is 0.521. The highest BCUT2D eigenvalue weighted by Gasteiger charge is 1.94. The van der Waals surface area contributed by atoms with Gasteiger partial charge in [-0.25, -0.2) is 0 Å². The van der Waals surface area contributed by atoms with E-state index in [0.717, 1.165) is 25.1 Å². The highest BCUT2D eigenvalue weighted by molar-refractivity contribution is 5.11. The predicted molar refractivity (Wildman–Crippen MR) is 45.0 cm³/mol. The summed E-state index contributed by atoms with van der Waals surface area (Å²) in [6, 6.07) is 0. The zero-order valence-electron chi connectivity index (χ0n) is 6.82. The lowest BCUT2D eigenvalue weighted by atomic mass is 10.3. The van der Waals surface area contributed by atoms with Gasteiger partial charge in [0.05, 0.1) is 5.70 Å². The smallest absolute Gasteiger partial charge is 0.0799 e. The fourth-order valence-corrected chi connectivity index (χ4v) is 0.869. The minimum Gasteiger partial charge on any atom is -0.282 e. The Labute approximate surface area is 67.1 Å². The molecule has 0 aromatic heterocycles. The van der Waals surface area contributed by atoms with Crippen LogP contribution in [-0.2, 0) is 0 Å². The second kappa shape index (κ2) is 3.91. The van der Waals surface area contributed by atoms with Crippen molar-refractivity contribution in [3.63, 3.8) is 0 Å². The summed E-state index contributed by atoms with van der Waals surface area (Å²) < 4.78 is 0. The molecule has 0 radical (unpaired) electrons. The first-order valence-corrected chi connectivity index (χ1v) is 3.77. The summed E-state index contributed by atoms with van der Waals surface area (Å²) in [7, 11) is 1.92. The maximum Gasteiger partial charge on any atom is 0.0799 e. The fraction of sp³-hybridized carbons (Fsp3) is 0.500. The fourth-order valence-electron chi connectivity index (χ4n) is 0.869. The van der Waals surface area contributed by atoms with Crippen molar-refractivity contribution in [2.75, 3.05) is 13.6 Å². The maximum absolute atomic E-state index is 3.93. The summed E-state index contributed by atoms with van der Waals surface area (Å²) in [4.78, 5) is 0. The van der Waals surface area contributed by atoms with Crippen LogP contribution in [0.1, 0.15) is 12.8 Å². The third-order valence-electron chi connectivity index (χ3n) is 1.49. The van der Waals surface area contributed by atoms with Crippen molar-refractivity contribution in [2.45, 2.75) is 12.8 Å². The average Bonchev–Trinajstić information content (AvgIpc) is 2.06. The average molecular weight is 151 g/mol. The molecular formula is C8H13N3. The van der Waals surface area contributed by atoms with Crippen molar-refractivity contribution in [1.29, 1.82) is 0 Å². The van der Waals surface area contributed by atoms with E-state index in [4.69, 9.17) is 0 Å². The number of allylic oxidation sites excluding steroid dienone is 2. The van der Waals surface area contributed by atoms with E-state index in [1.807, 2.05) is 18.1 Å². The standard InChI is InChI=1S/C8H13N3/c1-8-6-4-3-5-7-11(2)10-9-8/h4,6H,1,3,5,7H2,2H3. The largest absolute Gasteiger partial charge is 0.282 e. The van der Waals surface area contributed by atoms with Crippen LogP contribution in [0.5, 0.6) is 0 Å². The second-order valence-electron chi connectivity index (χ2n) is 2.61. The van der Waals surface area contributed by atoms with E-state index in [1.54, 1.807) is 0 Å². The molecule has 1 rings (SSSR count). The number of nitrogens with zero attached hydrogens (tertiary/aromatic N) is 3. The van der Waals surface area contributed by atoms with Crippen molar-refractivity contribution < 1.29 is 0 Å². The Morgan fingerprint density at radius 1 is 1.64 bits per heavy atom. The van der Waals surface area contributed by atoms with Crippen molar-refractivity contribution in [1.82, 2.24) is 5.01 Å². The highest BCUT2D eigenvalue weighted by atomic mass is 15.5. The van der Waals surface area contributed by atoms with E-state index >= 15 is 0 Å². The predicted octanol–water partition coefficient (Wildman–Crippen LogP) is 2.15. The van der Waals surface area contributed by atoms with Gasteiger partial charge < -0.3 is 0 Å². The Morgan fingerprint density at radius 2 is 2.45 bits per heavy atom. The highest BCUT2D eigenvalue weighted by Crippen LogP contribution is 2.04. The first-order chi connectivity index (χ1) is 5.29. The molecule has 0 N–H and O–H groups in total. The summed E-state index contributed by atoms with van der Waals surface area (Å²) in [5.74, 6) is 0. The Hall–Kier alpha value is -1.12. The van der Waals surface area contributed by atoms with Gasteiger partial charge in [-0.3, -0.25) is 5.01 Å². The van der Waals surface area contributed by atoms with Crippen LogP contribution in [0.3, 0.4) is 0 Å². The molecule has 0 bridgehead atoms. The summed E-state index contributed by atoms with van der Waals surface area (Å²) in [6.45, 7) is 4.68. The molecule has 0 atom stereocenters. The van der Waals surface area contributed by atoms with Gasteiger partial charge in [0.25, 0.3) is 0 Å². The molecule has 0 aliphatic carbocycles. The van der Waals surface area contributed by atoms with Gasteiger partial charge in [-0.15, -0.1) is 5.11 Å². The third kappa shape index (κ3) is 2.98. The summed E-state index contributed by atoms with van der Waals surface area (Å²) >= 11 is 0. The maximum atomic E-state index is 3.93. The number of hydrogen-bond donors (Lipinski definition) is 0. The molecule has 1 aliphatic heterocycles. The monoisotopic (exact) mass is 151 g/mol. The first-order valence-electron chi connectivity index (χ1n) is 3.77. The van der Waals surface area contributed by atoms with E-state index in [0.29, 0.717) is 0 Å². The molecule has 1 heterocycles. The Balaban J connectivity index is 2.59. The molecule has 1 aliphatic rings. The first kappa shape index (κ1) is 7.98. The molecule has 3 nitrogen and oxygen atoms in total. The zero-order chi connectivity index (χ0) is 8.10. The van der Waals surface area contributed by atoms with Crippen LogP contribution in [-0.4, -0.2) is 18.6 Å². The van der Waals surface area contributed by atoms with Gasteiger partial charge in [0.2, 0.25) is 0 Å². The van der Waals surface area contributed by atoms with E-state index in [2.05, 4.69) is 23.0 Å². The normalized spacial score (nSPS) is 19.4. The molecule has 0 saturated carbocycles. The van der Waals surface area contributed by atoms with Gasteiger partial charge >= 0.3 is 0 Å². The molecular weight excluding hydrogens is 138 g/mol. The Morgan fingerprint density at radius 3 is 3.27 bits per heavy atom. The number of hydrogen-bond acceptors (Lipinski definition) is 3. The lowest BCUT2D eigenvalue weighted by Crippen LogP contribution is -2.10. The lowest BCUT2D eigenvalue weighted by Gasteiger charge is -2.08. The molecule has 0 aromatic carbocycles. The molecule has 0 aromatic rings. The van der Waals surface area contributed by atoms with Crippen LogP contribution in [0.25, 0.3) is 0 Å². The summed E-state index contributed by atoms with van der Waals surface area (Å²) in [5.41, 5.74) is 0.721. The Bertz CT molecular complexity index is 194. The minimum absolute atomic E-state index is 0.721. The van der Waals surface area contributed by atoms with Gasteiger partial charge in [0.15, 0.2) is 0 Å². The van der Waals surface area contributed by atoms with Crippen LogP contribution >= 0.6 is 0 Å². The van der Waals surface area contributed by atoms with Crippen molar-refractivity contribution in [3.05, 3.63) is 24.4 Å². The van der Waals surface area contributed by atoms with Gasteiger partial charge in [0, 0.05) is 13.6 Å². The van der Waals surface area contributed by atoms with E-state index in [-0.39, 0.29) is 0 Å². The second-order valence-corrected chi connectivity index (χ2v) is 2.61. The molecule has 60 valence electrons. The topological polar surface area (TPSA) is 28.0 Å². The van der Waals surface area contributed by atoms with Crippen LogP contribution in [0.15, 0.2) is 34.8 Å². The van der Waals surface area contributed by atoms with E-state index in [9.17, 15) is 0 Å². The van der Waals surface area contributed by atoms with E-state index < -0.39 is 0 Å². The van der Waals surface area contributed by atoms with Crippen LogP contribution in [0.4, 0.5) is 0 Å². The van der Waals surface area contributed by atoms with E-state index in [1.165, 1.54) is 0 Å². The third-order valence-corrected chi connectivity index (χ3v) is 1.49. The minimum atomic E-state index is 0.721. The van der Waals surface area contributed by atoms with Crippen molar-refractivity contribution >= 4 is 0 Å². The molecule has 3 heteroatoms. The lowest BCUT2D eigenvalue weighted by molar-refractivity contribution is 0.327. The van der Waals surface area contributed by atoms with Gasteiger partial charge in [-0.1, -0.05) is 17.9 Å². The molecule has 11 heavy (non-hydrogen) atoms. The van der Waals surface area contributed by atoms with Crippen LogP contribution in [0, 0.1) is 0 Å². The summed E-state index contributed by atoms with van der Waals surface area (Å²) in [6.07, 6.45) is 6.19. The van der Waals surface area contributed by atoms with Gasteiger partial charge in [-0.2, -0.15) is 0 Å². The van der Waals surface area contributed by atoms with Crippen molar-refractivity contribution in [2.24, 2.45) is 10.3 Å². The van der Waals surface area contributed by atoms with Crippen LogP contribution < -0.4 is 0 Å². The van der Waals surface area contributed by atoms with Crippen LogP contribution in [0.2, 0.25) is 0 Å². The molecule has 0 saturated heterocycles. The molecule has 0 amide bonds. The van der Waals surface area contributed by atoms with Gasteiger partial charge in [-0.05, 0) is 18.9 Å². The molecule has 0 fully saturated rings. The Kier molecular flexibility index (Phi) is 2.83. The molecule has 0 unspecified atom stereocenters. The summed E-state index contributed by atoms with van der Waals surface area (Å²) in [5, 5.41) is 9.66. The molecule has 0 spiro atoms. The SMILES string of the molecule is C=C1C=CCCCN(C)N=N1. The van der Waals surface area contributed by atoms with Gasteiger partial charge in [0.1, 0.15) is 0 Å².